The Bertz CT molecular complexity index is 540. The predicted octanol–water partition coefficient (Wildman–Crippen LogP) is 3.43. The van der Waals surface area contributed by atoms with E-state index in [4.69, 9.17) is 9.72 Å². The van der Waals surface area contributed by atoms with Crippen LogP contribution < -0.4 is 4.90 Å². The van der Waals surface area contributed by atoms with E-state index >= 15 is 0 Å². The van der Waals surface area contributed by atoms with Gasteiger partial charge in [0.25, 0.3) is 0 Å². The van der Waals surface area contributed by atoms with Crippen LogP contribution in [0, 0.1) is 11.3 Å². The van der Waals surface area contributed by atoms with Crippen molar-refractivity contribution in [3.05, 3.63) is 22.9 Å². The van der Waals surface area contributed by atoms with Crippen LogP contribution in [-0.2, 0) is 17.8 Å². The lowest BCUT2D eigenvalue weighted by Gasteiger charge is -2.32. The SMILES string of the molecule is CCCN(CCC)c1nc2c(cc1C#N)COC(C)(C)C2. The zero-order chi connectivity index (χ0) is 15.5. The molecule has 0 saturated carbocycles. The molecule has 1 aliphatic rings. The number of ether oxygens (including phenoxy) is 1. The molecule has 0 amide bonds. The van der Waals surface area contributed by atoms with Crippen molar-refractivity contribution >= 4 is 5.82 Å². The number of rotatable bonds is 5. The van der Waals surface area contributed by atoms with Crippen molar-refractivity contribution in [3.8, 4) is 6.07 Å². The molecule has 0 fully saturated rings. The Kier molecular flexibility index (Phi) is 4.84. The molecular weight excluding hydrogens is 262 g/mol. The topological polar surface area (TPSA) is 49.2 Å². The summed E-state index contributed by atoms with van der Waals surface area (Å²) in [5, 5.41) is 9.45. The van der Waals surface area contributed by atoms with Crippen LogP contribution in [0.1, 0.15) is 57.4 Å². The summed E-state index contributed by atoms with van der Waals surface area (Å²) in [5.41, 5.74) is 2.63. The maximum Gasteiger partial charge on any atom is 0.146 e. The zero-order valence-corrected chi connectivity index (χ0v) is 13.6. The summed E-state index contributed by atoms with van der Waals surface area (Å²) in [6.07, 6.45) is 2.91. The highest BCUT2D eigenvalue weighted by Gasteiger charge is 2.28. The number of hydrogen-bond acceptors (Lipinski definition) is 4. The molecule has 0 spiro atoms. The largest absolute Gasteiger partial charge is 0.370 e. The minimum atomic E-state index is -0.175. The predicted molar refractivity (Wildman–Crippen MR) is 84.3 cm³/mol. The maximum absolute atomic E-state index is 9.45. The van der Waals surface area contributed by atoms with Crippen LogP contribution in [0.4, 0.5) is 5.82 Å². The standard InChI is InChI=1S/C17H25N3O/c1-5-7-20(8-6-2)16-13(11-18)9-14-12-21-17(3,4)10-15(14)19-16/h9H,5-8,10,12H2,1-4H3. The van der Waals surface area contributed by atoms with Gasteiger partial charge in [-0.1, -0.05) is 13.8 Å². The molecule has 0 unspecified atom stereocenters. The second-order valence-electron chi connectivity index (χ2n) is 6.29. The van der Waals surface area contributed by atoms with Gasteiger partial charge in [-0.05, 0) is 32.8 Å². The molecule has 21 heavy (non-hydrogen) atoms. The van der Waals surface area contributed by atoms with Crippen molar-refractivity contribution in [2.45, 2.75) is 59.2 Å². The molecule has 1 aliphatic heterocycles. The monoisotopic (exact) mass is 287 g/mol. The second kappa shape index (κ2) is 6.44. The van der Waals surface area contributed by atoms with Crippen LogP contribution in [0.15, 0.2) is 6.07 Å². The number of aromatic nitrogens is 1. The van der Waals surface area contributed by atoms with Gasteiger partial charge in [0.2, 0.25) is 0 Å². The first-order valence-electron chi connectivity index (χ1n) is 7.82. The molecule has 0 bridgehead atoms. The van der Waals surface area contributed by atoms with E-state index in [1.807, 2.05) is 6.07 Å². The summed E-state index contributed by atoms with van der Waals surface area (Å²) in [6.45, 7) is 10.9. The highest BCUT2D eigenvalue weighted by molar-refractivity contribution is 5.56. The van der Waals surface area contributed by atoms with Gasteiger partial charge >= 0.3 is 0 Å². The van der Waals surface area contributed by atoms with Crippen LogP contribution in [0.3, 0.4) is 0 Å². The molecule has 0 saturated heterocycles. The van der Waals surface area contributed by atoms with Crippen molar-refractivity contribution in [3.63, 3.8) is 0 Å². The Hall–Kier alpha value is -1.60. The van der Waals surface area contributed by atoms with E-state index in [1.165, 1.54) is 0 Å². The number of pyridine rings is 1. The Morgan fingerprint density at radius 1 is 1.33 bits per heavy atom. The van der Waals surface area contributed by atoms with E-state index in [0.717, 1.165) is 49.4 Å². The molecule has 2 rings (SSSR count). The van der Waals surface area contributed by atoms with Crippen LogP contribution in [0.25, 0.3) is 0 Å². The van der Waals surface area contributed by atoms with Crippen molar-refractivity contribution in [1.82, 2.24) is 4.98 Å². The lowest BCUT2D eigenvalue weighted by Crippen LogP contribution is -2.34. The maximum atomic E-state index is 9.45. The fraction of sp³-hybridized carbons (Fsp3) is 0.647. The molecule has 2 heterocycles. The smallest absolute Gasteiger partial charge is 0.146 e. The molecule has 0 aromatic carbocycles. The average molecular weight is 287 g/mol. The average Bonchev–Trinajstić information content (AvgIpc) is 2.45. The molecule has 0 N–H and O–H groups in total. The van der Waals surface area contributed by atoms with Crippen molar-refractivity contribution in [2.24, 2.45) is 0 Å². The summed E-state index contributed by atoms with van der Waals surface area (Å²) < 4.78 is 5.82. The minimum absolute atomic E-state index is 0.175. The van der Waals surface area contributed by atoms with Crippen molar-refractivity contribution < 1.29 is 4.74 Å². The third kappa shape index (κ3) is 3.54. The van der Waals surface area contributed by atoms with E-state index in [9.17, 15) is 5.26 Å². The number of nitrogens with zero attached hydrogens (tertiary/aromatic N) is 3. The zero-order valence-electron chi connectivity index (χ0n) is 13.6. The number of fused-ring (bicyclic) bond motifs is 1. The van der Waals surface area contributed by atoms with Crippen LogP contribution in [0.5, 0.6) is 0 Å². The van der Waals surface area contributed by atoms with E-state index in [0.29, 0.717) is 12.2 Å². The first-order valence-corrected chi connectivity index (χ1v) is 7.82. The van der Waals surface area contributed by atoms with Gasteiger partial charge in [-0.25, -0.2) is 4.98 Å². The second-order valence-corrected chi connectivity index (χ2v) is 6.29. The highest BCUT2D eigenvalue weighted by atomic mass is 16.5. The Morgan fingerprint density at radius 2 is 2.00 bits per heavy atom. The molecule has 114 valence electrons. The van der Waals surface area contributed by atoms with E-state index in [1.54, 1.807) is 0 Å². The van der Waals surface area contributed by atoms with Gasteiger partial charge in [0, 0.05) is 25.1 Å². The van der Waals surface area contributed by atoms with E-state index < -0.39 is 0 Å². The first-order chi connectivity index (χ1) is 10.0. The molecule has 4 nitrogen and oxygen atoms in total. The molecule has 4 heteroatoms. The third-order valence-electron chi connectivity index (χ3n) is 3.79. The van der Waals surface area contributed by atoms with Gasteiger partial charge in [0.15, 0.2) is 0 Å². The Balaban J connectivity index is 2.43. The summed E-state index contributed by atoms with van der Waals surface area (Å²) in [7, 11) is 0. The summed E-state index contributed by atoms with van der Waals surface area (Å²) in [4.78, 5) is 7.08. The third-order valence-corrected chi connectivity index (χ3v) is 3.79. The normalized spacial score (nSPS) is 16.1. The van der Waals surface area contributed by atoms with Gasteiger partial charge in [-0.3, -0.25) is 0 Å². The molecule has 1 aromatic rings. The van der Waals surface area contributed by atoms with Gasteiger partial charge in [0.05, 0.1) is 23.5 Å². The number of nitriles is 1. The molecule has 0 aliphatic carbocycles. The van der Waals surface area contributed by atoms with Gasteiger partial charge in [-0.2, -0.15) is 5.26 Å². The number of anilines is 1. The van der Waals surface area contributed by atoms with Crippen LogP contribution in [0.2, 0.25) is 0 Å². The van der Waals surface area contributed by atoms with Crippen LogP contribution >= 0.6 is 0 Å². The molecule has 0 atom stereocenters. The highest BCUT2D eigenvalue weighted by Crippen LogP contribution is 2.30. The summed E-state index contributed by atoms with van der Waals surface area (Å²) in [5.74, 6) is 0.845. The van der Waals surface area contributed by atoms with Crippen LogP contribution in [-0.4, -0.2) is 23.7 Å². The first kappa shape index (κ1) is 15.8. The van der Waals surface area contributed by atoms with Gasteiger partial charge in [0.1, 0.15) is 11.9 Å². The summed E-state index contributed by atoms with van der Waals surface area (Å²) >= 11 is 0. The van der Waals surface area contributed by atoms with Gasteiger partial charge < -0.3 is 9.64 Å². The lowest BCUT2D eigenvalue weighted by molar-refractivity contribution is -0.0412. The Morgan fingerprint density at radius 3 is 2.57 bits per heavy atom. The fourth-order valence-corrected chi connectivity index (χ4v) is 2.77. The lowest BCUT2D eigenvalue weighted by atomic mass is 9.95. The van der Waals surface area contributed by atoms with E-state index in [-0.39, 0.29) is 5.60 Å². The fourth-order valence-electron chi connectivity index (χ4n) is 2.77. The quantitative estimate of drug-likeness (QED) is 0.832. The minimum Gasteiger partial charge on any atom is -0.370 e. The van der Waals surface area contributed by atoms with E-state index in [2.05, 4.69) is 38.7 Å². The Labute approximate surface area is 127 Å². The van der Waals surface area contributed by atoms with Crippen molar-refractivity contribution in [1.29, 1.82) is 5.26 Å². The van der Waals surface area contributed by atoms with Crippen molar-refractivity contribution in [2.75, 3.05) is 18.0 Å². The number of hydrogen-bond donors (Lipinski definition) is 0. The molecular formula is C17H25N3O. The molecule has 0 radical (unpaired) electrons. The summed E-state index contributed by atoms with van der Waals surface area (Å²) in [6, 6.07) is 4.27. The molecule has 1 aromatic heterocycles. The van der Waals surface area contributed by atoms with Gasteiger partial charge in [-0.15, -0.1) is 0 Å².